The molecule has 21 heavy (non-hydrogen) atoms. The Balaban J connectivity index is 1.68. The Labute approximate surface area is 120 Å². The van der Waals surface area contributed by atoms with Crippen molar-refractivity contribution in [1.29, 1.82) is 0 Å². The van der Waals surface area contributed by atoms with Gasteiger partial charge >= 0.3 is 0 Å². The molecule has 3 aromatic rings. The molecule has 0 radical (unpaired) electrons. The molecule has 0 bridgehead atoms. The minimum Gasteiger partial charge on any atom is -0.508 e. The molecule has 0 aliphatic rings. The summed E-state index contributed by atoms with van der Waals surface area (Å²) < 4.78 is 14.8. The van der Waals surface area contributed by atoms with E-state index in [0.29, 0.717) is 12.1 Å². The maximum absolute atomic E-state index is 13.2. The number of nitrogens with one attached hydrogen (secondary N) is 1. The van der Waals surface area contributed by atoms with Gasteiger partial charge < -0.3 is 10.4 Å². The van der Waals surface area contributed by atoms with E-state index < -0.39 is 5.82 Å². The lowest BCUT2D eigenvalue weighted by molar-refractivity contribution is 0.468. The van der Waals surface area contributed by atoms with E-state index in [9.17, 15) is 9.50 Å². The molecule has 5 nitrogen and oxygen atoms in total. The highest BCUT2D eigenvalue weighted by molar-refractivity contribution is 5.49. The Morgan fingerprint density at radius 3 is 2.62 bits per heavy atom. The summed E-state index contributed by atoms with van der Waals surface area (Å²) in [5.74, 6) is -0.526. The Kier molecular flexibility index (Phi) is 3.51. The number of rotatable bonds is 4. The maximum atomic E-state index is 13.2. The summed E-state index contributed by atoms with van der Waals surface area (Å²) in [7, 11) is 0. The second-order valence-corrected chi connectivity index (χ2v) is 4.56. The molecule has 106 valence electrons. The van der Waals surface area contributed by atoms with Crippen LogP contribution >= 0.6 is 0 Å². The van der Waals surface area contributed by atoms with E-state index in [4.69, 9.17) is 0 Å². The first-order valence-corrected chi connectivity index (χ1v) is 6.38. The highest BCUT2D eigenvalue weighted by Gasteiger charge is 2.01. The minimum absolute atomic E-state index is 0.0756. The number of aromatic hydroxyl groups is 1. The molecule has 0 unspecified atom stereocenters. The molecule has 0 amide bonds. The van der Waals surface area contributed by atoms with E-state index in [1.54, 1.807) is 11.0 Å². The van der Waals surface area contributed by atoms with Gasteiger partial charge in [0.25, 0.3) is 0 Å². The van der Waals surface area contributed by atoms with Crippen LogP contribution in [0.5, 0.6) is 5.75 Å². The third kappa shape index (κ3) is 3.17. The maximum Gasteiger partial charge on any atom is 0.138 e. The minimum atomic E-state index is -0.451. The molecule has 0 saturated heterocycles. The highest BCUT2D eigenvalue weighted by atomic mass is 19.1. The number of hydrogen-bond acceptors (Lipinski definition) is 4. The molecule has 1 heterocycles. The number of benzene rings is 2. The molecule has 3 rings (SSSR count). The lowest BCUT2D eigenvalue weighted by Gasteiger charge is -2.08. The van der Waals surface area contributed by atoms with Crippen LogP contribution < -0.4 is 5.32 Å². The van der Waals surface area contributed by atoms with E-state index in [2.05, 4.69) is 15.4 Å². The van der Waals surface area contributed by atoms with E-state index >= 15 is 0 Å². The zero-order valence-electron chi connectivity index (χ0n) is 11.1. The molecule has 1 aromatic heterocycles. The molecule has 6 heteroatoms. The first kappa shape index (κ1) is 13.1. The van der Waals surface area contributed by atoms with E-state index in [-0.39, 0.29) is 5.75 Å². The van der Waals surface area contributed by atoms with Crippen molar-refractivity contribution in [3.8, 4) is 11.4 Å². The van der Waals surface area contributed by atoms with Gasteiger partial charge in [-0.05, 0) is 42.0 Å². The second-order valence-electron chi connectivity index (χ2n) is 4.56. The van der Waals surface area contributed by atoms with Crippen LogP contribution in [-0.2, 0) is 6.54 Å². The number of halogens is 1. The predicted molar refractivity (Wildman–Crippen MR) is 76.8 cm³/mol. The normalized spacial score (nSPS) is 10.5. The van der Waals surface area contributed by atoms with Crippen molar-refractivity contribution in [2.45, 2.75) is 6.54 Å². The monoisotopic (exact) mass is 284 g/mol. The van der Waals surface area contributed by atoms with Gasteiger partial charge in [-0.1, -0.05) is 0 Å². The standard InChI is InChI=1S/C15H13FN4O/c16-12-5-11(6-15(21)7-12)8-18-13-1-3-14(4-2-13)20-10-17-9-19-20/h1-7,9-10,18,21H,8H2. The van der Waals surface area contributed by atoms with E-state index in [1.807, 2.05) is 24.3 Å². The summed E-state index contributed by atoms with van der Waals surface area (Å²) >= 11 is 0. The van der Waals surface area contributed by atoms with Crippen molar-refractivity contribution in [2.75, 3.05) is 5.32 Å². The quantitative estimate of drug-likeness (QED) is 0.773. The first-order valence-electron chi connectivity index (χ1n) is 6.38. The molecule has 2 N–H and O–H groups in total. The van der Waals surface area contributed by atoms with Gasteiger partial charge in [0.15, 0.2) is 0 Å². The van der Waals surface area contributed by atoms with Crippen LogP contribution in [0, 0.1) is 5.82 Å². The molecule has 2 aromatic carbocycles. The van der Waals surface area contributed by atoms with Crippen molar-refractivity contribution in [3.63, 3.8) is 0 Å². The average Bonchev–Trinajstić information content (AvgIpc) is 2.99. The molecule has 0 aliphatic heterocycles. The first-order chi connectivity index (χ1) is 10.2. The van der Waals surface area contributed by atoms with Crippen LogP contribution in [0.15, 0.2) is 55.1 Å². The van der Waals surface area contributed by atoms with E-state index in [0.717, 1.165) is 17.4 Å². The number of phenolic OH excluding ortho intramolecular Hbond substituents is 1. The molecule has 0 aliphatic carbocycles. The fourth-order valence-corrected chi connectivity index (χ4v) is 2.01. The van der Waals surface area contributed by atoms with Crippen LogP contribution in [-0.4, -0.2) is 19.9 Å². The SMILES string of the molecule is Oc1cc(F)cc(CNc2ccc(-n3cncn3)cc2)c1. The van der Waals surface area contributed by atoms with Crippen LogP contribution in [0.3, 0.4) is 0 Å². The fourth-order valence-electron chi connectivity index (χ4n) is 2.01. The average molecular weight is 284 g/mol. The molecular formula is C15H13FN4O. The number of aromatic nitrogens is 3. The van der Waals surface area contributed by atoms with Crippen molar-refractivity contribution in [1.82, 2.24) is 14.8 Å². The highest BCUT2D eigenvalue weighted by Crippen LogP contribution is 2.17. The summed E-state index contributed by atoms with van der Waals surface area (Å²) in [5.41, 5.74) is 2.47. The van der Waals surface area contributed by atoms with Gasteiger partial charge in [0.1, 0.15) is 24.2 Å². The number of anilines is 1. The molecule has 0 spiro atoms. The zero-order valence-corrected chi connectivity index (χ0v) is 11.1. The Hall–Kier alpha value is -2.89. The van der Waals surface area contributed by atoms with Gasteiger partial charge in [-0.25, -0.2) is 14.1 Å². The lowest BCUT2D eigenvalue weighted by Crippen LogP contribution is -2.00. The zero-order chi connectivity index (χ0) is 14.7. The fraction of sp³-hybridized carbons (Fsp3) is 0.0667. The summed E-state index contributed by atoms with van der Waals surface area (Å²) in [6.45, 7) is 0.425. The largest absolute Gasteiger partial charge is 0.508 e. The van der Waals surface area contributed by atoms with Crippen LogP contribution in [0.2, 0.25) is 0 Å². The molecular weight excluding hydrogens is 271 g/mol. The van der Waals surface area contributed by atoms with Gasteiger partial charge in [0, 0.05) is 18.3 Å². The van der Waals surface area contributed by atoms with Crippen LogP contribution in [0.25, 0.3) is 5.69 Å². The van der Waals surface area contributed by atoms with Crippen molar-refractivity contribution in [2.24, 2.45) is 0 Å². The summed E-state index contributed by atoms with van der Waals surface area (Å²) in [6.07, 6.45) is 3.10. The van der Waals surface area contributed by atoms with Crippen LogP contribution in [0.4, 0.5) is 10.1 Å². The number of hydrogen-bond donors (Lipinski definition) is 2. The third-order valence-corrected chi connectivity index (χ3v) is 2.99. The summed E-state index contributed by atoms with van der Waals surface area (Å²) in [6, 6.07) is 11.6. The van der Waals surface area contributed by atoms with Gasteiger partial charge in [0.05, 0.1) is 5.69 Å². The van der Waals surface area contributed by atoms with Crippen molar-refractivity contribution >= 4 is 5.69 Å². The molecule has 0 fully saturated rings. The molecule has 0 atom stereocenters. The molecule has 0 saturated carbocycles. The van der Waals surface area contributed by atoms with Gasteiger partial charge in [0.2, 0.25) is 0 Å². The summed E-state index contributed by atoms with van der Waals surface area (Å²) in [4.78, 5) is 3.89. The second kappa shape index (κ2) is 5.62. The van der Waals surface area contributed by atoms with Gasteiger partial charge in [-0.15, -0.1) is 0 Å². The Morgan fingerprint density at radius 2 is 1.95 bits per heavy atom. The Bertz CT molecular complexity index is 706. The predicted octanol–water partition coefficient (Wildman–Crippen LogP) is 2.72. The van der Waals surface area contributed by atoms with E-state index in [1.165, 1.54) is 18.5 Å². The number of nitrogens with zero attached hydrogens (tertiary/aromatic N) is 3. The van der Waals surface area contributed by atoms with Gasteiger partial charge in [-0.2, -0.15) is 5.10 Å². The third-order valence-electron chi connectivity index (χ3n) is 2.99. The van der Waals surface area contributed by atoms with Crippen molar-refractivity contribution in [3.05, 3.63) is 66.5 Å². The van der Waals surface area contributed by atoms with Crippen molar-refractivity contribution < 1.29 is 9.50 Å². The topological polar surface area (TPSA) is 63.0 Å². The number of phenols is 1. The lowest BCUT2D eigenvalue weighted by atomic mass is 10.2. The smallest absolute Gasteiger partial charge is 0.138 e. The Morgan fingerprint density at radius 1 is 1.14 bits per heavy atom. The summed E-state index contributed by atoms with van der Waals surface area (Å²) in [5, 5.41) is 16.6. The van der Waals surface area contributed by atoms with Crippen LogP contribution in [0.1, 0.15) is 5.56 Å². The van der Waals surface area contributed by atoms with Gasteiger partial charge in [-0.3, -0.25) is 0 Å².